The van der Waals surface area contributed by atoms with Gasteiger partial charge in [0.25, 0.3) is 5.91 Å². The van der Waals surface area contributed by atoms with Gasteiger partial charge < -0.3 is 10.4 Å². The number of carboxylic acid groups (broad SMARTS) is 1. The first-order chi connectivity index (χ1) is 11.1. The Morgan fingerprint density at radius 1 is 1.29 bits per heavy atom. The summed E-state index contributed by atoms with van der Waals surface area (Å²) in [4.78, 5) is 25.6. The zero-order valence-corrected chi connectivity index (χ0v) is 14.7. The van der Waals surface area contributed by atoms with Gasteiger partial charge in [-0.3, -0.25) is 14.5 Å². The molecule has 0 radical (unpaired) electrons. The highest BCUT2D eigenvalue weighted by Gasteiger charge is 2.44. The highest BCUT2D eigenvalue weighted by molar-refractivity contribution is 5.94. The van der Waals surface area contributed by atoms with Crippen molar-refractivity contribution < 1.29 is 14.7 Å². The fourth-order valence-corrected chi connectivity index (χ4v) is 4.19. The molecule has 24 heavy (non-hydrogen) atoms. The summed E-state index contributed by atoms with van der Waals surface area (Å²) < 4.78 is 0. The Morgan fingerprint density at radius 3 is 2.75 bits per heavy atom. The van der Waals surface area contributed by atoms with Crippen molar-refractivity contribution in [3.63, 3.8) is 0 Å². The number of likely N-dealkylation sites (tertiary alicyclic amines) is 1. The lowest BCUT2D eigenvalue weighted by Gasteiger charge is -2.33. The number of carbonyl (C=O) groups is 2. The van der Waals surface area contributed by atoms with Crippen molar-refractivity contribution in [1.82, 2.24) is 10.2 Å². The van der Waals surface area contributed by atoms with E-state index in [1.807, 2.05) is 18.2 Å². The second-order valence-electron chi connectivity index (χ2n) is 6.65. The van der Waals surface area contributed by atoms with Crippen molar-refractivity contribution in [3.8, 4) is 0 Å². The predicted octanol–water partition coefficient (Wildman–Crippen LogP) is 2.69. The largest absolute Gasteiger partial charge is 0.480 e. The number of hydrogen-bond acceptors (Lipinski definition) is 3. The molecular weight excluding hydrogens is 328 g/mol. The summed E-state index contributed by atoms with van der Waals surface area (Å²) in [5, 5.41) is 12.2. The van der Waals surface area contributed by atoms with Crippen molar-refractivity contribution in [2.75, 3.05) is 7.05 Å². The van der Waals surface area contributed by atoms with Gasteiger partial charge in [0.1, 0.15) is 6.04 Å². The van der Waals surface area contributed by atoms with Gasteiger partial charge in [0.05, 0.1) is 0 Å². The third-order valence-corrected chi connectivity index (χ3v) is 5.29. The van der Waals surface area contributed by atoms with Crippen LogP contribution < -0.4 is 5.32 Å². The molecule has 6 heteroatoms. The van der Waals surface area contributed by atoms with E-state index in [2.05, 4.69) is 10.2 Å². The first-order valence-electron chi connectivity index (χ1n) is 8.39. The van der Waals surface area contributed by atoms with Crippen LogP contribution >= 0.6 is 12.4 Å². The minimum Gasteiger partial charge on any atom is -0.480 e. The molecule has 5 nitrogen and oxygen atoms in total. The molecule has 1 amide bonds. The number of aliphatic carboxylic acids is 1. The molecule has 132 valence electrons. The maximum absolute atomic E-state index is 11.8. The smallest absolute Gasteiger partial charge is 0.320 e. The number of fused-ring (bicyclic) bond motifs is 1. The molecule has 0 spiro atoms. The SMILES string of the molecule is CNC(=O)c1cccc(CN2C(C(=O)O)CC3CCCCC32)c1.Cl. The van der Waals surface area contributed by atoms with Crippen LogP contribution in [0.5, 0.6) is 0 Å². The second kappa shape index (κ2) is 7.99. The van der Waals surface area contributed by atoms with Crippen molar-refractivity contribution >= 4 is 24.3 Å². The molecule has 1 aliphatic carbocycles. The lowest BCUT2D eigenvalue weighted by atomic mass is 9.84. The third kappa shape index (κ3) is 3.73. The van der Waals surface area contributed by atoms with Gasteiger partial charge in [-0.15, -0.1) is 12.4 Å². The Morgan fingerprint density at radius 2 is 2.04 bits per heavy atom. The molecule has 0 bridgehead atoms. The van der Waals surface area contributed by atoms with Crippen LogP contribution in [0.15, 0.2) is 24.3 Å². The maximum atomic E-state index is 11.8. The quantitative estimate of drug-likeness (QED) is 0.874. The van der Waals surface area contributed by atoms with Crippen LogP contribution in [0.25, 0.3) is 0 Å². The van der Waals surface area contributed by atoms with Gasteiger partial charge in [0.15, 0.2) is 0 Å². The molecule has 1 saturated carbocycles. The summed E-state index contributed by atoms with van der Waals surface area (Å²) in [5.74, 6) is -0.326. The normalized spacial score (nSPS) is 26.3. The standard InChI is InChI=1S/C18H24N2O3.ClH/c1-19-17(21)14-7-4-5-12(9-14)11-20-15-8-3-2-6-13(15)10-16(20)18(22)23;/h4-5,7,9,13,15-16H,2-3,6,8,10-11H2,1H3,(H,19,21)(H,22,23);1H. The number of nitrogens with one attached hydrogen (secondary N) is 1. The molecule has 3 rings (SSSR count). The monoisotopic (exact) mass is 352 g/mol. The molecule has 2 fully saturated rings. The highest BCUT2D eigenvalue weighted by atomic mass is 35.5. The van der Waals surface area contributed by atoms with Crippen LogP contribution in [-0.2, 0) is 11.3 Å². The van der Waals surface area contributed by atoms with E-state index in [4.69, 9.17) is 0 Å². The van der Waals surface area contributed by atoms with Crippen LogP contribution in [0.2, 0.25) is 0 Å². The fraction of sp³-hybridized carbons (Fsp3) is 0.556. The van der Waals surface area contributed by atoms with Crippen molar-refractivity contribution in [1.29, 1.82) is 0 Å². The first kappa shape index (κ1) is 18.7. The van der Waals surface area contributed by atoms with Gasteiger partial charge in [0.2, 0.25) is 0 Å². The minimum absolute atomic E-state index is 0. The molecule has 2 N–H and O–H groups in total. The zero-order chi connectivity index (χ0) is 16.4. The van der Waals surface area contributed by atoms with Gasteiger partial charge in [0, 0.05) is 25.2 Å². The lowest BCUT2D eigenvalue weighted by Crippen LogP contribution is -2.41. The lowest BCUT2D eigenvalue weighted by molar-refractivity contribution is -0.142. The van der Waals surface area contributed by atoms with E-state index in [1.165, 1.54) is 12.8 Å². The number of nitrogens with zero attached hydrogens (tertiary/aromatic N) is 1. The highest BCUT2D eigenvalue weighted by Crippen LogP contribution is 2.40. The van der Waals surface area contributed by atoms with Crippen molar-refractivity contribution in [3.05, 3.63) is 35.4 Å². The molecule has 1 aromatic rings. The van der Waals surface area contributed by atoms with Crippen molar-refractivity contribution in [2.45, 2.75) is 50.7 Å². The molecule has 0 aromatic heterocycles. The Balaban J connectivity index is 0.00000208. The predicted molar refractivity (Wildman–Crippen MR) is 94.4 cm³/mol. The van der Waals surface area contributed by atoms with E-state index in [0.717, 1.165) is 24.8 Å². The molecule has 1 aromatic carbocycles. The molecule has 2 aliphatic rings. The topological polar surface area (TPSA) is 69.6 Å². The summed E-state index contributed by atoms with van der Waals surface area (Å²) in [5.41, 5.74) is 1.62. The van der Waals surface area contributed by atoms with Gasteiger partial charge in [-0.25, -0.2) is 0 Å². The third-order valence-electron chi connectivity index (χ3n) is 5.29. The molecule has 3 atom stereocenters. The zero-order valence-electron chi connectivity index (χ0n) is 13.9. The van der Waals surface area contributed by atoms with E-state index in [1.54, 1.807) is 13.1 Å². The molecule has 1 saturated heterocycles. The Kier molecular flexibility index (Phi) is 6.24. The molecule has 3 unspecified atom stereocenters. The number of rotatable bonds is 4. The summed E-state index contributed by atoms with van der Waals surface area (Å²) in [6.07, 6.45) is 5.39. The van der Waals surface area contributed by atoms with E-state index in [0.29, 0.717) is 24.1 Å². The van der Waals surface area contributed by atoms with Gasteiger partial charge in [-0.05, 0) is 42.9 Å². The van der Waals surface area contributed by atoms with Gasteiger partial charge in [-0.2, -0.15) is 0 Å². The number of benzene rings is 1. The van der Waals surface area contributed by atoms with E-state index < -0.39 is 12.0 Å². The van der Waals surface area contributed by atoms with E-state index >= 15 is 0 Å². The van der Waals surface area contributed by atoms with E-state index in [9.17, 15) is 14.7 Å². The Bertz CT molecular complexity index is 608. The van der Waals surface area contributed by atoms with Crippen LogP contribution in [0.1, 0.15) is 48.0 Å². The van der Waals surface area contributed by atoms with Crippen molar-refractivity contribution in [2.24, 2.45) is 5.92 Å². The minimum atomic E-state index is -0.721. The van der Waals surface area contributed by atoms with Crippen LogP contribution in [0, 0.1) is 5.92 Å². The first-order valence-corrected chi connectivity index (χ1v) is 8.39. The van der Waals surface area contributed by atoms with Crippen LogP contribution in [0.3, 0.4) is 0 Å². The van der Waals surface area contributed by atoms with Crippen LogP contribution in [0.4, 0.5) is 0 Å². The average Bonchev–Trinajstić information content (AvgIpc) is 2.93. The summed E-state index contributed by atoms with van der Waals surface area (Å²) >= 11 is 0. The average molecular weight is 353 g/mol. The number of hydrogen-bond donors (Lipinski definition) is 2. The van der Waals surface area contributed by atoms with Crippen LogP contribution in [-0.4, -0.2) is 41.0 Å². The summed E-state index contributed by atoms with van der Waals surface area (Å²) in [6.45, 7) is 0.600. The number of carbonyl (C=O) groups excluding carboxylic acids is 1. The number of carboxylic acids is 1. The summed E-state index contributed by atoms with van der Waals surface area (Å²) in [7, 11) is 1.61. The second-order valence-corrected chi connectivity index (χ2v) is 6.65. The Labute approximate surface area is 148 Å². The van der Waals surface area contributed by atoms with E-state index in [-0.39, 0.29) is 18.3 Å². The molecule has 1 aliphatic heterocycles. The number of halogens is 1. The molecular formula is C18H25ClN2O3. The maximum Gasteiger partial charge on any atom is 0.320 e. The fourth-order valence-electron chi connectivity index (χ4n) is 4.19. The number of amides is 1. The molecule has 1 heterocycles. The summed E-state index contributed by atoms with van der Waals surface area (Å²) in [6, 6.07) is 7.46. The van der Waals surface area contributed by atoms with Gasteiger partial charge in [-0.1, -0.05) is 25.0 Å². The van der Waals surface area contributed by atoms with Gasteiger partial charge >= 0.3 is 5.97 Å². The Hall–Kier alpha value is -1.59.